The van der Waals surface area contributed by atoms with E-state index in [1.807, 2.05) is 0 Å². The van der Waals surface area contributed by atoms with E-state index in [0.29, 0.717) is 0 Å². The molecule has 1 heterocycles. The topological polar surface area (TPSA) is 162 Å². The van der Waals surface area contributed by atoms with Crippen LogP contribution in [0.25, 0.3) is 0 Å². The zero-order valence-electron chi connectivity index (χ0n) is 11.8. The fraction of sp³-hybridized carbons (Fsp3) is 0.462. The van der Waals surface area contributed by atoms with Crippen LogP contribution >= 0.6 is 0 Å². The lowest BCUT2D eigenvalue weighted by atomic mass is 9.97. The number of hydrogen-bond donors (Lipinski definition) is 5. The average Bonchev–Trinajstić information content (AvgIpc) is 2.54. The van der Waals surface area contributed by atoms with Gasteiger partial charge in [-0.2, -0.15) is 0 Å². The van der Waals surface area contributed by atoms with Gasteiger partial charge >= 0.3 is 0 Å². The minimum atomic E-state index is -1.66. The third-order valence-electron chi connectivity index (χ3n) is 3.52. The summed E-state index contributed by atoms with van der Waals surface area (Å²) in [6, 6.07) is 3.51. The van der Waals surface area contributed by atoms with Crippen molar-refractivity contribution in [2.24, 2.45) is 0 Å². The third kappa shape index (κ3) is 3.63. The molecule has 1 fully saturated rings. The minimum Gasteiger partial charge on any atom is -0.394 e. The van der Waals surface area contributed by atoms with E-state index in [4.69, 9.17) is 9.84 Å². The van der Waals surface area contributed by atoms with Gasteiger partial charge in [-0.15, -0.1) is 0 Å². The molecule has 23 heavy (non-hydrogen) atoms. The van der Waals surface area contributed by atoms with Crippen molar-refractivity contribution < 1.29 is 34.9 Å². The first-order chi connectivity index (χ1) is 10.8. The molecule has 1 aromatic carbocycles. The fourth-order valence-corrected chi connectivity index (χ4v) is 2.25. The fourth-order valence-electron chi connectivity index (χ4n) is 2.25. The van der Waals surface area contributed by atoms with Gasteiger partial charge < -0.3 is 30.5 Å². The predicted molar refractivity (Wildman–Crippen MR) is 74.3 cm³/mol. The van der Waals surface area contributed by atoms with Crippen molar-refractivity contribution in [2.75, 3.05) is 6.61 Å². The molecule has 10 heteroatoms. The van der Waals surface area contributed by atoms with E-state index in [1.165, 1.54) is 18.2 Å². The summed E-state index contributed by atoms with van der Waals surface area (Å²) in [6.07, 6.45) is -5.95. The molecule has 5 atom stereocenters. The van der Waals surface area contributed by atoms with Gasteiger partial charge in [-0.25, -0.2) is 0 Å². The molecule has 0 bridgehead atoms. The van der Waals surface area contributed by atoms with Crippen LogP contribution in [0.3, 0.4) is 0 Å². The van der Waals surface area contributed by atoms with E-state index in [0.717, 1.165) is 6.07 Å². The highest BCUT2D eigenvalue weighted by Gasteiger charge is 2.44. The van der Waals surface area contributed by atoms with E-state index in [2.05, 4.69) is 5.32 Å². The molecule has 0 saturated carbocycles. The lowest BCUT2D eigenvalue weighted by molar-refractivity contribution is -0.384. The van der Waals surface area contributed by atoms with Crippen molar-refractivity contribution in [1.29, 1.82) is 0 Å². The number of benzene rings is 1. The Morgan fingerprint density at radius 3 is 2.61 bits per heavy atom. The Hall–Kier alpha value is -2.11. The van der Waals surface area contributed by atoms with Crippen LogP contribution in [-0.2, 0) is 4.74 Å². The summed E-state index contributed by atoms with van der Waals surface area (Å²) >= 11 is 0. The van der Waals surface area contributed by atoms with Crippen molar-refractivity contribution in [3.05, 3.63) is 39.9 Å². The number of non-ortho nitro benzene ring substituents is 1. The van der Waals surface area contributed by atoms with Crippen LogP contribution in [0.4, 0.5) is 5.69 Å². The smallest absolute Gasteiger partial charge is 0.270 e. The normalized spacial score (nSPS) is 30.7. The van der Waals surface area contributed by atoms with Gasteiger partial charge in [0.2, 0.25) is 0 Å². The molecule has 1 saturated heterocycles. The summed E-state index contributed by atoms with van der Waals surface area (Å²) in [5.41, 5.74) is -0.351. The Kier molecular flexibility index (Phi) is 5.23. The van der Waals surface area contributed by atoms with Crippen molar-refractivity contribution in [3.63, 3.8) is 0 Å². The van der Waals surface area contributed by atoms with Crippen LogP contribution in [0.1, 0.15) is 10.4 Å². The largest absolute Gasteiger partial charge is 0.394 e. The lowest BCUT2D eigenvalue weighted by Gasteiger charge is -2.40. The summed E-state index contributed by atoms with van der Waals surface area (Å²) in [5, 5.41) is 51.3. The Morgan fingerprint density at radius 2 is 2.00 bits per heavy atom. The molecule has 1 aliphatic rings. The van der Waals surface area contributed by atoms with Crippen LogP contribution in [0.5, 0.6) is 0 Å². The second-order valence-electron chi connectivity index (χ2n) is 5.04. The second kappa shape index (κ2) is 6.98. The van der Waals surface area contributed by atoms with E-state index in [9.17, 15) is 30.2 Å². The summed E-state index contributed by atoms with van der Waals surface area (Å²) < 4.78 is 4.90. The van der Waals surface area contributed by atoms with Gasteiger partial charge in [-0.1, -0.05) is 6.07 Å². The zero-order chi connectivity index (χ0) is 17.1. The van der Waals surface area contributed by atoms with E-state index in [1.54, 1.807) is 0 Å². The first-order valence-corrected chi connectivity index (χ1v) is 6.71. The Bertz CT molecular complexity index is 595. The van der Waals surface area contributed by atoms with Gasteiger partial charge in [-0.05, 0) is 6.07 Å². The molecule has 0 spiro atoms. The Morgan fingerprint density at radius 1 is 1.30 bits per heavy atom. The molecule has 2 rings (SSSR count). The highest BCUT2D eigenvalue weighted by molar-refractivity contribution is 5.95. The average molecular weight is 328 g/mol. The molecule has 10 nitrogen and oxygen atoms in total. The van der Waals surface area contributed by atoms with Gasteiger partial charge in [0.05, 0.1) is 11.5 Å². The number of ether oxygens (including phenoxy) is 1. The predicted octanol–water partition coefficient (Wildman–Crippen LogP) is -1.88. The van der Waals surface area contributed by atoms with Crippen LogP contribution in [-0.4, -0.2) is 68.5 Å². The molecule has 1 aliphatic heterocycles. The number of carbonyl (C=O) groups excluding carboxylic acids is 1. The van der Waals surface area contributed by atoms with Crippen LogP contribution in [0.15, 0.2) is 24.3 Å². The molecule has 5 N–H and O–H groups in total. The molecule has 1 amide bonds. The summed E-state index contributed by atoms with van der Waals surface area (Å²) in [4.78, 5) is 22.1. The first kappa shape index (κ1) is 17.2. The van der Waals surface area contributed by atoms with Crippen molar-refractivity contribution >= 4 is 11.6 Å². The zero-order valence-corrected chi connectivity index (χ0v) is 11.8. The highest BCUT2D eigenvalue weighted by atomic mass is 16.6. The van der Waals surface area contributed by atoms with Gasteiger partial charge in [0.15, 0.2) is 6.29 Å². The molecule has 0 aliphatic carbocycles. The molecular formula is C13H16N2O8. The van der Waals surface area contributed by atoms with Crippen LogP contribution in [0, 0.1) is 10.1 Å². The summed E-state index contributed by atoms with van der Waals surface area (Å²) in [5.74, 6) is -0.796. The number of carbonyl (C=O) groups is 1. The standard InChI is InChI=1S/C13H16N2O8/c16-5-8-10(17)11(18)9(13(20)23-8)14-12(19)6-2-1-3-7(4-6)15(21)22/h1-4,8-11,13,16-18,20H,5H2,(H,14,19). The Labute approximate surface area is 130 Å². The van der Waals surface area contributed by atoms with Crippen molar-refractivity contribution in [2.45, 2.75) is 30.6 Å². The quantitative estimate of drug-likeness (QED) is 0.317. The highest BCUT2D eigenvalue weighted by Crippen LogP contribution is 2.20. The molecule has 0 aromatic heterocycles. The number of aliphatic hydroxyl groups excluding tert-OH is 4. The van der Waals surface area contributed by atoms with Crippen molar-refractivity contribution in [3.8, 4) is 0 Å². The summed E-state index contributed by atoms with van der Waals surface area (Å²) in [7, 11) is 0. The number of amides is 1. The second-order valence-corrected chi connectivity index (χ2v) is 5.04. The monoisotopic (exact) mass is 328 g/mol. The molecule has 5 unspecified atom stereocenters. The molecular weight excluding hydrogens is 312 g/mol. The van der Waals surface area contributed by atoms with E-state index in [-0.39, 0.29) is 11.3 Å². The molecule has 1 aromatic rings. The SMILES string of the molecule is O=C(NC1C(O)OC(CO)C(O)C1O)c1cccc([N+](=O)[O-])c1. The number of nitro benzene ring substituents is 1. The number of nitro groups is 1. The van der Waals surface area contributed by atoms with E-state index >= 15 is 0 Å². The van der Waals surface area contributed by atoms with E-state index < -0.39 is 48.1 Å². The molecule has 126 valence electrons. The number of hydrogen-bond acceptors (Lipinski definition) is 8. The van der Waals surface area contributed by atoms with Crippen molar-refractivity contribution in [1.82, 2.24) is 5.32 Å². The maximum atomic E-state index is 12.1. The molecule has 0 radical (unpaired) electrons. The van der Waals surface area contributed by atoms with Gasteiger partial charge in [0.1, 0.15) is 24.4 Å². The van der Waals surface area contributed by atoms with Gasteiger partial charge in [0.25, 0.3) is 11.6 Å². The number of nitrogens with zero attached hydrogens (tertiary/aromatic N) is 1. The minimum absolute atomic E-state index is 0.0580. The number of nitrogens with one attached hydrogen (secondary N) is 1. The first-order valence-electron chi connectivity index (χ1n) is 6.71. The third-order valence-corrected chi connectivity index (χ3v) is 3.52. The Balaban J connectivity index is 2.13. The lowest BCUT2D eigenvalue weighted by Crippen LogP contribution is -2.64. The maximum absolute atomic E-state index is 12.1. The number of rotatable bonds is 4. The van der Waals surface area contributed by atoms with Gasteiger partial charge in [-0.3, -0.25) is 14.9 Å². The van der Waals surface area contributed by atoms with Crippen LogP contribution in [0.2, 0.25) is 0 Å². The number of aliphatic hydroxyl groups is 4. The maximum Gasteiger partial charge on any atom is 0.270 e. The summed E-state index contributed by atoms with van der Waals surface area (Å²) in [6.45, 7) is -0.624. The van der Waals surface area contributed by atoms with Gasteiger partial charge in [0, 0.05) is 17.7 Å². The van der Waals surface area contributed by atoms with Crippen LogP contribution < -0.4 is 5.32 Å².